The summed E-state index contributed by atoms with van der Waals surface area (Å²) >= 11 is 0. The second-order valence-corrected chi connectivity index (χ2v) is 4.16. The van der Waals surface area contributed by atoms with E-state index in [0.29, 0.717) is 5.92 Å². The van der Waals surface area contributed by atoms with Crippen molar-refractivity contribution in [3.05, 3.63) is 12.7 Å². The molecule has 0 aliphatic heterocycles. The van der Waals surface area contributed by atoms with Crippen LogP contribution in [0, 0.1) is 11.8 Å². The number of hydrogen-bond donors (Lipinski definition) is 1. The topological polar surface area (TPSA) is 20.2 Å². The van der Waals surface area contributed by atoms with Crippen LogP contribution in [0.4, 0.5) is 0 Å². The van der Waals surface area contributed by atoms with Crippen molar-refractivity contribution in [2.24, 2.45) is 11.8 Å². The Morgan fingerprint density at radius 2 is 2.25 bits per heavy atom. The van der Waals surface area contributed by atoms with Crippen LogP contribution in [0.15, 0.2) is 12.7 Å². The van der Waals surface area contributed by atoms with Crippen LogP contribution in [0.1, 0.15) is 39.5 Å². The Kier molecular flexibility index (Phi) is 2.94. The smallest absolute Gasteiger partial charge is 0.0732 e. The molecule has 0 aromatic carbocycles. The lowest BCUT2D eigenvalue weighted by atomic mass is 9.70. The molecule has 70 valence electrons. The van der Waals surface area contributed by atoms with E-state index in [9.17, 15) is 5.11 Å². The molecule has 0 bridgehead atoms. The van der Waals surface area contributed by atoms with Crippen LogP contribution in [0.25, 0.3) is 0 Å². The summed E-state index contributed by atoms with van der Waals surface area (Å²) in [5.74, 6) is 0.659. The van der Waals surface area contributed by atoms with Gasteiger partial charge < -0.3 is 5.11 Å². The lowest BCUT2D eigenvalue weighted by molar-refractivity contribution is -0.0695. The number of hydrogen-bond acceptors (Lipinski definition) is 1. The maximum Gasteiger partial charge on any atom is 0.0732 e. The van der Waals surface area contributed by atoms with Gasteiger partial charge in [0.25, 0.3) is 0 Å². The van der Waals surface area contributed by atoms with Gasteiger partial charge >= 0.3 is 0 Å². The van der Waals surface area contributed by atoms with E-state index in [1.165, 1.54) is 12.8 Å². The van der Waals surface area contributed by atoms with Gasteiger partial charge in [-0.1, -0.05) is 32.8 Å². The summed E-state index contributed by atoms with van der Waals surface area (Å²) in [6, 6.07) is 0. The molecule has 12 heavy (non-hydrogen) atoms. The summed E-state index contributed by atoms with van der Waals surface area (Å²) in [4.78, 5) is 0. The van der Waals surface area contributed by atoms with Crippen LogP contribution in [-0.4, -0.2) is 10.7 Å². The Morgan fingerprint density at radius 3 is 2.75 bits per heavy atom. The van der Waals surface area contributed by atoms with Crippen LogP contribution < -0.4 is 0 Å². The molecule has 0 saturated heterocycles. The number of aliphatic hydroxyl groups is 1. The largest absolute Gasteiger partial charge is 0.389 e. The minimum Gasteiger partial charge on any atom is -0.389 e. The molecule has 0 radical (unpaired) electrons. The van der Waals surface area contributed by atoms with Crippen molar-refractivity contribution in [2.45, 2.75) is 45.1 Å². The normalized spacial score (nSPS) is 39.1. The summed E-state index contributed by atoms with van der Waals surface area (Å²) in [7, 11) is 0. The van der Waals surface area contributed by atoms with Gasteiger partial charge in [-0.15, -0.1) is 6.58 Å². The van der Waals surface area contributed by atoms with Gasteiger partial charge in [-0.3, -0.25) is 0 Å². The molecule has 3 unspecified atom stereocenters. The van der Waals surface area contributed by atoms with E-state index < -0.39 is 5.60 Å². The van der Waals surface area contributed by atoms with Gasteiger partial charge in [0.15, 0.2) is 0 Å². The molecule has 0 amide bonds. The molecule has 0 aromatic rings. The van der Waals surface area contributed by atoms with Crippen LogP contribution in [0.2, 0.25) is 0 Å². The van der Waals surface area contributed by atoms with Crippen LogP contribution in [-0.2, 0) is 0 Å². The second kappa shape index (κ2) is 3.61. The Bertz CT molecular complexity index is 164. The highest BCUT2D eigenvalue weighted by atomic mass is 16.3. The zero-order valence-corrected chi connectivity index (χ0v) is 8.21. The first-order valence-electron chi connectivity index (χ1n) is 4.96. The second-order valence-electron chi connectivity index (χ2n) is 4.16. The average molecular weight is 168 g/mol. The predicted molar refractivity (Wildman–Crippen MR) is 51.9 cm³/mol. The lowest BCUT2D eigenvalue weighted by Crippen LogP contribution is -2.44. The highest BCUT2D eigenvalue weighted by molar-refractivity contribution is 4.98. The minimum atomic E-state index is -0.472. The monoisotopic (exact) mass is 168 g/mol. The van der Waals surface area contributed by atoms with Crippen molar-refractivity contribution in [2.75, 3.05) is 0 Å². The summed E-state index contributed by atoms with van der Waals surface area (Å²) < 4.78 is 0. The van der Waals surface area contributed by atoms with E-state index >= 15 is 0 Å². The molecule has 0 spiro atoms. The van der Waals surface area contributed by atoms with Crippen molar-refractivity contribution in [1.82, 2.24) is 0 Å². The number of rotatable bonds is 2. The fourth-order valence-corrected chi connectivity index (χ4v) is 2.24. The molecule has 1 N–H and O–H groups in total. The molecule has 1 heteroatoms. The molecule has 1 aliphatic carbocycles. The highest BCUT2D eigenvalue weighted by Crippen LogP contribution is 2.39. The van der Waals surface area contributed by atoms with Gasteiger partial charge in [0.2, 0.25) is 0 Å². The van der Waals surface area contributed by atoms with E-state index in [4.69, 9.17) is 0 Å². The molecule has 3 atom stereocenters. The Labute approximate surface area is 75.5 Å². The van der Waals surface area contributed by atoms with Crippen molar-refractivity contribution < 1.29 is 5.11 Å². The van der Waals surface area contributed by atoms with Gasteiger partial charge in [-0.2, -0.15) is 0 Å². The van der Waals surface area contributed by atoms with E-state index in [1.54, 1.807) is 0 Å². The average Bonchev–Trinajstić information content (AvgIpc) is 2.09. The van der Waals surface area contributed by atoms with Crippen LogP contribution in [0.5, 0.6) is 0 Å². The fourth-order valence-electron chi connectivity index (χ4n) is 2.24. The first-order valence-corrected chi connectivity index (χ1v) is 4.96. The zero-order chi connectivity index (χ0) is 9.19. The molecular formula is C11H20O. The molecule has 0 aromatic heterocycles. The predicted octanol–water partition coefficient (Wildman–Crippen LogP) is 2.75. The third-order valence-corrected chi connectivity index (χ3v) is 3.46. The van der Waals surface area contributed by atoms with Crippen LogP contribution in [0.3, 0.4) is 0 Å². The summed E-state index contributed by atoms with van der Waals surface area (Å²) in [6.45, 7) is 7.97. The minimum absolute atomic E-state index is 0.229. The third-order valence-electron chi connectivity index (χ3n) is 3.46. The molecule has 1 saturated carbocycles. The van der Waals surface area contributed by atoms with Gasteiger partial charge in [0.05, 0.1) is 5.60 Å². The Morgan fingerprint density at radius 1 is 1.58 bits per heavy atom. The van der Waals surface area contributed by atoms with Crippen molar-refractivity contribution in [1.29, 1.82) is 0 Å². The molecule has 0 heterocycles. The molecule has 1 fully saturated rings. The highest BCUT2D eigenvalue weighted by Gasteiger charge is 2.39. The Balaban J connectivity index is 2.71. The quantitative estimate of drug-likeness (QED) is 0.629. The zero-order valence-electron chi connectivity index (χ0n) is 8.21. The SMILES string of the molecule is C=CC(C)C1(O)CCCCC1C. The summed E-state index contributed by atoms with van der Waals surface area (Å²) in [5.41, 5.74) is -0.472. The van der Waals surface area contributed by atoms with Gasteiger partial charge in [-0.05, 0) is 18.8 Å². The lowest BCUT2D eigenvalue weighted by Gasteiger charge is -2.41. The van der Waals surface area contributed by atoms with Gasteiger partial charge in [0, 0.05) is 5.92 Å². The standard InChI is InChI=1S/C11H20O/c1-4-9(2)11(12)8-6-5-7-10(11)3/h4,9-10,12H,1,5-8H2,2-3H3. The first kappa shape index (κ1) is 9.79. The van der Waals surface area contributed by atoms with Crippen molar-refractivity contribution in [3.8, 4) is 0 Å². The maximum absolute atomic E-state index is 10.3. The van der Waals surface area contributed by atoms with Crippen molar-refractivity contribution >= 4 is 0 Å². The first-order chi connectivity index (χ1) is 5.61. The van der Waals surface area contributed by atoms with E-state index in [0.717, 1.165) is 12.8 Å². The summed E-state index contributed by atoms with van der Waals surface area (Å²) in [5, 5.41) is 10.3. The molecular weight excluding hydrogens is 148 g/mol. The van der Waals surface area contributed by atoms with Crippen molar-refractivity contribution in [3.63, 3.8) is 0 Å². The van der Waals surface area contributed by atoms with E-state index in [2.05, 4.69) is 20.4 Å². The Hall–Kier alpha value is -0.300. The molecule has 1 rings (SSSR count). The van der Waals surface area contributed by atoms with Gasteiger partial charge in [0.1, 0.15) is 0 Å². The van der Waals surface area contributed by atoms with Gasteiger partial charge in [-0.25, -0.2) is 0 Å². The third kappa shape index (κ3) is 1.56. The fraction of sp³-hybridized carbons (Fsp3) is 0.818. The van der Waals surface area contributed by atoms with Crippen LogP contribution >= 0.6 is 0 Å². The molecule has 1 aliphatic rings. The van der Waals surface area contributed by atoms with E-state index in [-0.39, 0.29) is 5.92 Å². The molecule has 1 nitrogen and oxygen atoms in total. The summed E-state index contributed by atoms with van der Waals surface area (Å²) in [6.07, 6.45) is 6.42. The maximum atomic E-state index is 10.3. The van der Waals surface area contributed by atoms with E-state index in [1.807, 2.05) is 6.08 Å².